The molecule has 0 saturated carbocycles. The minimum Gasteiger partial charge on any atom is -0.376 e. The van der Waals surface area contributed by atoms with E-state index in [1.165, 1.54) is 278 Å². The summed E-state index contributed by atoms with van der Waals surface area (Å²) in [5.41, 5.74) is 69.9. The molecule has 20 aromatic rings. The second kappa shape index (κ2) is 30.7. The molecule has 0 amide bonds. The van der Waals surface area contributed by atoms with Crippen LogP contribution in [0.3, 0.4) is 0 Å². The normalized spacial score (nSPS) is 13.8. The first-order valence-corrected chi connectivity index (χ1v) is 50.0. The van der Waals surface area contributed by atoms with Gasteiger partial charge in [-0.25, -0.2) is 0 Å². The number of rotatable bonds is 3. The van der Waals surface area contributed by atoms with Crippen molar-refractivity contribution >= 4 is 192 Å². The van der Waals surface area contributed by atoms with E-state index in [4.69, 9.17) is 0 Å². The molecule has 664 valence electrons. The Labute approximate surface area is 833 Å². The molecule has 7 nitrogen and oxygen atoms in total. The van der Waals surface area contributed by atoms with Crippen LogP contribution in [0.2, 0.25) is 0 Å². The number of aryl methyl sites for hydroxylation is 8. The van der Waals surface area contributed by atoms with Gasteiger partial charge in [0.1, 0.15) is 0 Å². The lowest BCUT2D eigenvalue weighted by molar-refractivity contribution is 1.27. The van der Waals surface area contributed by atoms with Crippen molar-refractivity contribution in [3.8, 4) is 100 Å². The first-order valence-electron chi connectivity index (χ1n) is 50.0. The molecule has 0 N–H and O–H groups in total. The summed E-state index contributed by atoms with van der Waals surface area (Å²) in [6, 6.07) is 154. The summed E-state index contributed by atoms with van der Waals surface area (Å²) >= 11 is 0. The van der Waals surface area contributed by atoms with E-state index in [9.17, 15) is 0 Å². The minimum atomic E-state index is 0. The summed E-state index contributed by atoms with van der Waals surface area (Å²) in [6.07, 6.45) is 0. The number of benzene rings is 20. The predicted octanol–water partition coefficient (Wildman–Crippen LogP) is 24.1. The van der Waals surface area contributed by atoms with Crippen molar-refractivity contribution < 1.29 is 0 Å². The Morgan fingerprint density at radius 3 is 0.655 bits per heavy atom. The van der Waals surface area contributed by atoms with Gasteiger partial charge >= 0.3 is 41.1 Å². The third-order valence-corrected chi connectivity index (χ3v) is 32.7. The van der Waals surface area contributed by atoms with Crippen LogP contribution in [0, 0.1) is 55.4 Å². The van der Waals surface area contributed by atoms with E-state index in [1.807, 2.05) is 0 Å². The first-order chi connectivity index (χ1) is 69.3. The highest BCUT2D eigenvalue weighted by molar-refractivity contribution is 7.00. The molecule has 0 atom stereocenters. The molecule has 0 aromatic heterocycles. The van der Waals surface area contributed by atoms with Gasteiger partial charge in [-0.1, -0.05) is 325 Å². The zero-order valence-corrected chi connectivity index (χ0v) is 79.8. The van der Waals surface area contributed by atoms with E-state index in [-0.39, 0.29) is 48.5 Å². The quantitative estimate of drug-likeness (QED) is 0.162. The van der Waals surface area contributed by atoms with E-state index in [1.54, 1.807) is 0 Å². The Morgan fingerprint density at radius 2 is 0.345 bits per heavy atom. The smallest absolute Gasteiger partial charge is 0.329 e. The van der Waals surface area contributed by atoms with Gasteiger partial charge in [0.2, 0.25) is 0 Å². The highest BCUT2D eigenvalue weighted by Gasteiger charge is 2.55. The highest BCUT2D eigenvalue weighted by Crippen LogP contribution is 2.60. The zero-order valence-electron chi connectivity index (χ0n) is 79.8. The molecule has 0 spiro atoms. The largest absolute Gasteiger partial charge is 0.376 e. The molecule has 0 saturated heterocycles. The van der Waals surface area contributed by atoms with Gasteiger partial charge in [0.05, 0.1) is 0 Å². The van der Waals surface area contributed by atoms with Gasteiger partial charge in [-0.2, -0.15) is 0 Å². The maximum absolute atomic E-state index is 2.64. The monoisotopic (exact) mass is 1810 g/mol. The van der Waals surface area contributed by atoms with Crippen molar-refractivity contribution in [2.75, 3.05) is 33.8 Å². The molecule has 0 fully saturated rings. The summed E-state index contributed by atoms with van der Waals surface area (Å²) in [4.78, 5) is 18.2. The van der Waals surface area contributed by atoms with Crippen molar-refractivity contribution in [3.63, 3.8) is 0 Å². The van der Waals surface area contributed by atoms with Gasteiger partial charge in [-0.05, 0) is 304 Å². The number of hydrogen-bond acceptors (Lipinski definition) is 7. The Kier molecular flexibility index (Phi) is 17.8. The fraction of sp³-hybridized carbons (Fsp3) is 0.0698. The third-order valence-electron chi connectivity index (χ3n) is 32.7. The number of hydrogen-bond donors (Lipinski definition) is 0. The van der Waals surface area contributed by atoms with E-state index in [0.717, 1.165) is 17.1 Å². The lowest BCUT2D eigenvalue weighted by Crippen LogP contribution is -2.65. The number of para-hydroxylation sites is 4. The van der Waals surface area contributed by atoms with Crippen LogP contribution in [-0.2, 0) is 0 Å². The van der Waals surface area contributed by atoms with E-state index >= 15 is 0 Å². The number of anilines is 15. The zero-order chi connectivity index (χ0) is 93.5. The minimum absolute atomic E-state index is 0. The van der Waals surface area contributed by atoms with Gasteiger partial charge in [0.25, 0.3) is 0 Å². The Balaban J connectivity index is 0.000000103. The van der Waals surface area contributed by atoms with Crippen LogP contribution in [0.25, 0.3) is 100 Å². The van der Waals surface area contributed by atoms with Crippen molar-refractivity contribution in [1.82, 2.24) is 0 Å². The summed E-state index contributed by atoms with van der Waals surface area (Å²) < 4.78 is 0. The molecule has 12 aliphatic heterocycles. The molecular formula is C129H95B6N7. The third kappa shape index (κ3) is 11.5. The average molecular weight is 1810 g/mol. The topological polar surface area (TPSA) is 22.7 Å². The Morgan fingerprint density at radius 1 is 0.141 bits per heavy atom. The summed E-state index contributed by atoms with van der Waals surface area (Å²) in [5, 5.41) is 0. The summed E-state index contributed by atoms with van der Waals surface area (Å²) in [7, 11) is 0. The summed E-state index contributed by atoms with van der Waals surface area (Å²) in [6.45, 7) is 18.2. The fourth-order valence-corrected chi connectivity index (χ4v) is 27.1. The maximum Gasteiger partial charge on any atom is 0.329 e. The predicted molar refractivity (Wildman–Crippen MR) is 609 cm³/mol. The molecule has 12 aliphatic rings. The SMILES string of the molecule is C.Cc1ccc2c(c1)-c1cc(C)ccc1N1B2c2cccc3c2-c2c1cccc2N1B3c2ccc(N(c3ccccc3)c3ccccc3)cc2-c2cc(C)ccc21.Cc1ccc2c(c1)-c1ccccc1N1B2c2cccc3c2-c2c1cccc2N1B3c2ccc(C)cc2-c2cc(C)ccc21.Cc1ccc2c(c1)-c1ccccc1N1B2c2cccc3c2-c2c1cccc2N1B3c2ccccc2-c2cc(C)ccc21. The molecule has 12 heterocycles. The van der Waals surface area contributed by atoms with E-state index < -0.39 is 0 Å². The van der Waals surface area contributed by atoms with Crippen LogP contribution in [0.5, 0.6) is 0 Å². The van der Waals surface area contributed by atoms with Crippen LogP contribution in [0.15, 0.2) is 406 Å². The number of nitrogens with zero attached hydrogens (tertiary/aromatic N) is 7. The second-order valence-corrected chi connectivity index (χ2v) is 40.9. The van der Waals surface area contributed by atoms with Crippen LogP contribution in [0.4, 0.5) is 85.3 Å². The molecule has 20 aromatic carbocycles. The van der Waals surface area contributed by atoms with Crippen LogP contribution < -0.4 is 99.3 Å². The van der Waals surface area contributed by atoms with Gasteiger partial charge in [-0.15, -0.1) is 0 Å². The lowest BCUT2D eigenvalue weighted by atomic mass is 9.37. The standard InChI is InChI=1S/C51H37B2N3.C39H28B2N2.C38H26B2N2.CH4/c1-32-20-24-42-38(28-32)40-29-33(2)21-26-46(40)55-48-18-11-19-49-51(48)50-44(52(42)55)16-10-17-45(50)53-43-25-23-37(31-39(43)41-30-34(3)22-27-47(41)56(49)53)54(35-12-6-4-7-13-35)36-14-8-5-9-15-36;1-23-14-17-30-27(20-23)26-8-4-5-11-34(26)42-36-12-7-13-37-39(36)38-32(40(30)42)9-6-10-33(38)41-31-18-15-24(2)21-28(31)29-22-25(3)16-19-35(29)43(37)41;1-23-17-19-30-27(21-23)26-10-4-6-14-33(26)41-35-15-8-16-36-38(35)37-31(12-7-13-32(37)40(30)41)39-29-11-5-3-9-25(29)28-22-24(2)18-20-34(28)42(36)39;/h4-31H,1-3H3;4-22H,1-3H3;3-22H,1-2H3;1H4. The van der Waals surface area contributed by atoms with Crippen molar-refractivity contribution in [2.45, 2.75) is 62.8 Å². The van der Waals surface area contributed by atoms with Gasteiger partial charge < -0.3 is 33.8 Å². The number of fused-ring (bicyclic) bond motifs is 48. The molecule has 0 aliphatic carbocycles. The Hall–Kier alpha value is -16.6. The maximum atomic E-state index is 2.64. The van der Waals surface area contributed by atoms with Gasteiger partial charge in [-0.3, -0.25) is 0 Å². The molecule has 0 bridgehead atoms. The Bertz CT molecular complexity index is 8740. The molecular weight excluding hydrogens is 1710 g/mol. The van der Waals surface area contributed by atoms with Gasteiger partial charge in [0, 0.05) is 135 Å². The van der Waals surface area contributed by atoms with Crippen molar-refractivity contribution in [2.24, 2.45) is 0 Å². The van der Waals surface area contributed by atoms with Crippen molar-refractivity contribution in [3.05, 3.63) is 451 Å². The van der Waals surface area contributed by atoms with E-state index in [2.05, 4.69) is 496 Å². The van der Waals surface area contributed by atoms with Crippen LogP contribution in [0.1, 0.15) is 51.9 Å². The van der Waals surface area contributed by atoms with Crippen molar-refractivity contribution in [1.29, 1.82) is 0 Å². The molecule has 142 heavy (non-hydrogen) atoms. The summed E-state index contributed by atoms with van der Waals surface area (Å²) in [5.74, 6) is 0. The van der Waals surface area contributed by atoms with E-state index in [0.29, 0.717) is 0 Å². The van der Waals surface area contributed by atoms with Gasteiger partial charge in [0.15, 0.2) is 0 Å². The van der Waals surface area contributed by atoms with Crippen LogP contribution >= 0.6 is 0 Å². The average Bonchev–Trinajstić information content (AvgIpc) is 0.683. The fourth-order valence-electron chi connectivity index (χ4n) is 27.1. The molecule has 0 radical (unpaired) electrons. The second-order valence-electron chi connectivity index (χ2n) is 40.9. The first kappa shape index (κ1) is 82.5. The molecule has 32 rings (SSSR count). The molecule has 0 unspecified atom stereocenters. The highest BCUT2D eigenvalue weighted by atomic mass is 15.2. The molecule has 13 heteroatoms. The van der Waals surface area contributed by atoms with Crippen LogP contribution in [-0.4, -0.2) is 41.1 Å². The lowest BCUT2D eigenvalue weighted by Gasteiger charge is -2.50.